The molecule has 3 nitrogen and oxygen atoms in total. The Balaban J connectivity index is 2.73. The van der Waals surface area contributed by atoms with Crippen LogP contribution in [0.3, 0.4) is 0 Å². The first kappa shape index (κ1) is 14.9. The number of hydrogen-bond acceptors (Lipinski definition) is 2. The Labute approximate surface area is 111 Å². The highest BCUT2D eigenvalue weighted by Gasteiger charge is 2.38. The molecule has 0 saturated carbocycles. The Kier molecular flexibility index (Phi) is 4.68. The van der Waals surface area contributed by atoms with E-state index in [1.807, 2.05) is 6.08 Å². The molecule has 1 aliphatic rings. The molecule has 1 heterocycles. The summed E-state index contributed by atoms with van der Waals surface area (Å²) in [6.45, 7) is 12.0. The van der Waals surface area contributed by atoms with Crippen LogP contribution >= 0.6 is 0 Å². The van der Waals surface area contributed by atoms with Crippen molar-refractivity contribution in [3.8, 4) is 0 Å². The summed E-state index contributed by atoms with van der Waals surface area (Å²) in [5, 5.41) is 0. The molecule has 4 heteroatoms. The number of carbonyl (C=O) groups is 2. The lowest BCUT2D eigenvalue weighted by Crippen LogP contribution is -2.36. The van der Waals surface area contributed by atoms with Gasteiger partial charge in [0.1, 0.15) is 0 Å². The Morgan fingerprint density at radius 3 is 2.50 bits per heavy atom. The predicted octanol–water partition coefficient (Wildman–Crippen LogP) is 2.83. The number of imide groups is 1. The molecule has 1 saturated heterocycles. The maximum atomic E-state index is 12.1. The van der Waals surface area contributed by atoms with E-state index in [1.54, 1.807) is 6.08 Å². The first-order valence-electron chi connectivity index (χ1n) is 6.39. The van der Waals surface area contributed by atoms with Crippen molar-refractivity contribution < 1.29 is 9.59 Å². The van der Waals surface area contributed by atoms with E-state index in [9.17, 15) is 9.59 Å². The predicted molar refractivity (Wildman–Crippen MR) is 76.9 cm³/mol. The molecule has 18 heavy (non-hydrogen) atoms. The molecule has 1 fully saturated rings. The van der Waals surface area contributed by atoms with Gasteiger partial charge in [0, 0.05) is 15.0 Å². The number of allylic oxidation sites excluding steroid dienone is 1. The van der Waals surface area contributed by atoms with Gasteiger partial charge in [0.25, 0.3) is 0 Å². The molecule has 1 rings (SSSR count). The van der Waals surface area contributed by atoms with Gasteiger partial charge >= 0.3 is 0 Å². The van der Waals surface area contributed by atoms with Gasteiger partial charge in [-0.15, -0.1) is 6.58 Å². The molecule has 2 atom stereocenters. The summed E-state index contributed by atoms with van der Waals surface area (Å²) in [6, 6.07) is 0.923. The van der Waals surface area contributed by atoms with Crippen molar-refractivity contribution in [2.75, 3.05) is 0 Å². The molecular formula is C14H23NO2Si. The van der Waals surface area contributed by atoms with E-state index in [-0.39, 0.29) is 23.8 Å². The molecule has 2 amide bonds. The minimum atomic E-state index is -1.11. The molecule has 0 bridgehead atoms. The van der Waals surface area contributed by atoms with Crippen molar-refractivity contribution in [1.82, 2.24) is 4.90 Å². The normalized spacial score (nSPS) is 24.9. The highest BCUT2D eigenvalue weighted by Crippen LogP contribution is 2.27. The lowest BCUT2D eigenvalue weighted by Gasteiger charge is -2.17. The van der Waals surface area contributed by atoms with Crippen LogP contribution in [0.15, 0.2) is 24.8 Å². The largest absolute Gasteiger partial charge is 0.275 e. The van der Waals surface area contributed by atoms with Crippen LogP contribution in [0.1, 0.15) is 13.3 Å². The first-order chi connectivity index (χ1) is 8.26. The monoisotopic (exact) mass is 265 g/mol. The lowest BCUT2D eigenvalue weighted by atomic mass is 10.0. The third-order valence-corrected chi connectivity index (χ3v) is 4.55. The van der Waals surface area contributed by atoms with Gasteiger partial charge in [-0.2, -0.15) is 0 Å². The minimum absolute atomic E-state index is 0.0841. The lowest BCUT2D eigenvalue weighted by molar-refractivity contribution is -0.142. The van der Waals surface area contributed by atoms with Crippen molar-refractivity contribution in [2.45, 2.75) is 45.1 Å². The van der Waals surface area contributed by atoms with Gasteiger partial charge in [0.2, 0.25) is 11.8 Å². The van der Waals surface area contributed by atoms with Gasteiger partial charge in [-0.25, -0.2) is 0 Å². The SMILES string of the molecule is C=C[C@H]1C[C@@H](/C=C\C[Si](C)(C)C)C(=O)N1C(C)=O. The van der Waals surface area contributed by atoms with Crippen molar-refractivity contribution in [2.24, 2.45) is 5.92 Å². The highest BCUT2D eigenvalue weighted by atomic mass is 28.3. The van der Waals surface area contributed by atoms with E-state index in [1.165, 1.54) is 11.8 Å². The summed E-state index contributed by atoms with van der Waals surface area (Å²) in [5.74, 6) is -0.432. The van der Waals surface area contributed by atoms with Gasteiger partial charge < -0.3 is 0 Å². The Hall–Kier alpha value is -1.16. The maximum Gasteiger partial charge on any atom is 0.236 e. The summed E-state index contributed by atoms with van der Waals surface area (Å²) in [7, 11) is -1.11. The molecular weight excluding hydrogens is 242 g/mol. The van der Waals surface area contributed by atoms with Gasteiger partial charge in [-0.3, -0.25) is 14.5 Å². The third-order valence-electron chi connectivity index (χ3n) is 3.09. The van der Waals surface area contributed by atoms with Crippen molar-refractivity contribution in [1.29, 1.82) is 0 Å². The fourth-order valence-corrected chi connectivity index (χ4v) is 2.99. The van der Waals surface area contributed by atoms with Gasteiger partial charge in [-0.05, 0) is 12.5 Å². The molecule has 0 aromatic carbocycles. The van der Waals surface area contributed by atoms with E-state index in [2.05, 4.69) is 32.3 Å². The number of nitrogens with zero attached hydrogens (tertiary/aromatic N) is 1. The molecule has 0 N–H and O–H groups in total. The fraction of sp³-hybridized carbons (Fsp3) is 0.571. The minimum Gasteiger partial charge on any atom is -0.275 e. The smallest absolute Gasteiger partial charge is 0.236 e. The zero-order valence-electron chi connectivity index (χ0n) is 11.8. The first-order valence-corrected chi connectivity index (χ1v) is 10.1. The maximum absolute atomic E-state index is 12.1. The van der Waals surface area contributed by atoms with Crippen molar-refractivity contribution in [3.63, 3.8) is 0 Å². The number of carbonyl (C=O) groups excluding carboxylic acids is 2. The summed E-state index contributed by atoms with van der Waals surface area (Å²) < 4.78 is 0. The van der Waals surface area contributed by atoms with Crippen molar-refractivity contribution >= 4 is 19.9 Å². The van der Waals surface area contributed by atoms with Crippen LogP contribution in [-0.4, -0.2) is 30.8 Å². The standard InChI is InChI=1S/C14H23NO2Si/c1-6-13-10-12(8-7-9-18(3,4)5)14(17)15(13)11(2)16/h6-8,12-13H,1,9-10H2,2-5H3/b8-7-/t12-,13+/m1/s1. The topological polar surface area (TPSA) is 37.4 Å². The second kappa shape index (κ2) is 5.65. The highest BCUT2D eigenvalue weighted by molar-refractivity contribution is 6.76. The Morgan fingerprint density at radius 2 is 2.11 bits per heavy atom. The van der Waals surface area contributed by atoms with E-state index in [0.29, 0.717) is 6.42 Å². The summed E-state index contributed by atoms with van der Waals surface area (Å²) in [5.41, 5.74) is 0. The fourth-order valence-electron chi connectivity index (χ4n) is 2.15. The molecule has 1 aliphatic heterocycles. The summed E-state index contributed by atoms with van der Waals surface area (Å²) in [6.07, 6.45) is 6.44. The molecule has 0 unspecified atom stereocenters. The third kappa shape index (κ3) is 3.67. The summed E-state index contributed by atoms with van der Waals surface area (Å²) in [4.78, 5) is 24.9. The zero-order chi connectivity index (χ0) is 13.9. The van der Waals surface area contributed by atoms with E-state index < -0.39 is 8.07 Å². The second-order valence-corrected chi connectivity index (χ2v) is 11.6. The van der Waals surface area contributed by atoms with Crippen LogP contribution in [0.4, 0.5) is 0 Å². The number of amides is 2. The number of rotatable bonds is 4. The van der Waals surface area contributed by atoms with Crippen LogP contribution in [0.5, 0.6) is 0 Å². The second-order valence-electron chi connectivity index (χ2n) is 6.07. The zero-order valence-corrected chi connectivity index (χ0v) is 12.8. The van der Waals surface area contributed by atoms with Gasteiger partial charge in [0.05, 0.1) is 12.0 Å². The van der Waals surface area contributed by atoms with Crippen LogP contribution in [0.25, 0.3) is 0 Å². The van der Waals surface area contributed by atoms with Crippen LogP contribution in [0.2, 0.25) is 25.7 Å². The van der Waals surface area contributed by atoms with Crippen molar-refractivity contribution in [3.05, 3.63) is 24.8 Å². The van der Waals surface area contributed by atoms with Crippen LogP contribution in [-0.2, 0) is 9.59 Å². The molecule has 0 aromatic heterocycles. The van der Waals surface area contributed by atoms with E-state index in [4.69, 9.17) is 0 Å². The Bertz CT molecular complexity index is 382. The number of hydrogen-bond donors (Lipinski definition) is 0. The van der Waals surface area contributed by atoms with Gasteiger partial charge in [-0.1, -0.05) is 37.9 Å². The van der Waals surface area contributed by atoms with Gasteiger partial charge in [0.15, 0.2) is 0 Å². The number of likely N-dealkylation sites (tertiary alicyclic amines) is 1. The quantitative estimate of drug-likeness (QED) is 0.579. The molecule has 0 spiro atoms. The van der Waals surface area contributed by atoms with E-state index >= 15 is 0 Å². The van der Waals surface area contributed by atoms with E-state index in [0.717, 1.165) is 6.04 Å². The average molecular weight is 265 g/mol. The molecule has 100 valence electrons. The van der Waals surface area contributed by atoms with Crippen LogP contribution < -0.4 is 0 Å². The Morgan fingerprint density at radius 1 is 1.50 bits per heavy atom. The van der Waals surface area contributed by atoms with Crippen LogP contribution in [0, 0.1) is 5.92 Å². The summed E-state index contributed by atoms with van der Waals surface area (Å²) >= 11 is 0. The molecule has 0 aromatic rings. The molecule has 0 radical (unpaired) electrons. The molecule has 0 aliphatic carbocycles. The average Bonchev–Trinajstić information content (AvgIpc) is 2.54.